The van der Waals surface area contributed by atoms with Gasteiger partial charge in [-0.25, -0.2) is 0 Å². The Hall–Kier alpha value is -3.62. The van der Waals surface area contributed by atoms with Crippen molar-refractivity contribution in [2.24, 2.45) is 0 Å². The zero-order valence-corrected chi connectivity index (χ0v) is 23.4. The first-order chi connectivity index (χ1) is 17.9. The Morgan fingerprint density at radius 3 is 2.13 bits per heavy atom. The van der Waals surface area contributed by atoms with E-state index in [4.69, 9.17) is 4.74 Å². The second-order valence-electron chi connectivity index (χ2n) is 9.19. The molecule has 12 nitrogen and oxygen atoms in total. The molecule has 1 aromatic carbocycles. The van der Waals surface area contributed by atoms with Crippen LogP contribution in [-0.4, -0.2) is 33.4 Å². The van der Waals surface area contributed by atoms with Crippen LogP contribution >= 0.6 is 0 Å². The monoisotopic (exact) mass is 555 g/mol. The number of phenols is 1. The van der Waals surface area contributed by atoms with Gasteiger partial charge in [0.25, 0.3) is 5.56 Å². The molecule has 0 aliphatic heterocycles. The number of aromatic hydroxyl groups is 1. The zero-order valence-electron chi connectivity index (χ0n) is 20.3. The fourth-order valence-electron chi connectivity index (χ4n) is 5.86. The number of aromatic carboxylic acids is 1. The predicted octanol–water partition coefficient (Wildman–Crippen LogP) is -6.12. The summed E-state index contributed by atoms with van der Waals surface area (Å²) < 4.78 is 4.84. The minimum absolute atomic E-state index is 0. The predicted molar refractivity (Wildman–Crippen MR) is 128 cm³/mol. The van der Waals surface area contributed by atoms with Crippen molar-refractivity contribution >= 4 is 28.3 Å². The summed E-state index contributed by atoms with van der Waals surface area (Å²) in [7, 11) is 1.09. The summed E-state index contributed by atoms with van der Waals surface area (Å²) in [6, 6.07) is 3.21. The number of aromatic amines is 1. The van der Waals surface area contributed by atoms with Crippen LogP contribution in [0.4, 0.5) is 0 Å². The van der Waals surface area contributed by atoms with E-state index in [-0.39, 0.29) is 86.1 Å². The summed E-state index contributed by atoms with van der Waals surface area (Å²) in [4.78, 5) is 78.3. The van der Waals surface area contributed by atoms with E-state index in [0.717, 1.165) is 19.2 Å². The van der Waals surface area contributed by atoms with Crippen LogP contribution < -0.4 is 98.9 Å². The fraction of sp³-hybridized carbons (Fsp3) is 0.154. The van der Waals surface area contributed by atoms with Gasteiger partial charge in [0.05, 0.1) is 45.0 Å². The number of benzene rings is 1. The van der Waals surface area contributed by atoms with Crippen LogP contribution in [0.3, 0.4) is 0 Å². The van der Waals surface area contributed by atoms with Crippen molar-refractivity contribution < 1.29 is 81.3 Å². The molecule has 1 atom stereocenters. The molecule has 0 fully saturated rings. The molecule has 0 radical (unpaired) electrons. The number of phenolic OH excluding ortho intramolecular Hbond substituents is 1. The number of pyridine rings is 1. The third-order valence-corrected chi connectivity index (χ3v) is 7.47. The number of aryl methyl sites for hydroxylation is 1. The Labute approximate surface area is 256 Å². The summed E-state index contributed by atoms with van der Waals surface area (Å²) in [5.41, 5.74) is -7.85. The van der Waals surface area contributed by atoms with Crippen LogP contribution in [-0.2, 0) is 11.8 Å². The molecule has 4 aliphatic rings. The number of carbonyl (C=O) groups excluding carboxylic acids is 1. The van der Waals surface area contributed by atoms with Crippen molar-refractivity contribution in [3.63, 3.8) is 0 Å². The topological polar surface area (TPSA) is 211 Å². The molecule has 1 spiro atoms. The molecule has 1 heterocycles. The number of aromatic nitrogens is 1. The molecule has 4 N–H and O–H groups in total. The van der Waals surface area contributed by atoms with Gasteiger partial charge in [0, 0.05) is 11.6 Å². The maximum absolute atomic E-state index is 13.5. The summed E-state index contributed by atoms with van der Waals surface area (Å²) in [6.45, 7) is 0. The van der Waals surface area contributed by atoms with Crippen molar-refractivity contribution in [2.45, 2.75) is 18.3 Å². The van der Waals surface area contributed by atoms with Gasteiger partial charge >= 0.3 is 51.4 Å². The van der Waals surface area contributed by atoms with E-state index in [1.807, 2.05) is 0 Å². The molecular formula is C26H14KNO11. The zero-order chi connectivity index (χ0) is 27.4. The number of aliphatic hydroxyl groups excluding tert-OH is 2. The SMILES string of the molecule is COc1cc(=O)c2c(=O)c3c(c(=O)c=2c1=O)=C(O)C1(CCc2cc4cc(C(=O)[O-])[nH]c(=O)c4c(O)c21)C=3O.[K+]. The number of nitrogens with one attached hydrogen (secondary N) is 1. The molecule has 1 aromatic heterocycles. The van der Waals surface area contributed by atoms with Gasteiger partial charge in [0.15, 0.2) is 11.2 Å². The maximum atomic E-state index is 13.5. The quantitative estimate of drug-likeness (QED) is 0.171. The van der Waals surface area contributed by atoms with Gasteiger partial charge in [0.2, 0.25) is 16.3 Å². The van der Waals surface area contributed by atoms with Crippen molar-refractivity contribution in [3.05, 3.63) is 107 Å². The van der Waals surface area contributed by atoms with Crippen LogP contribution in [0.5, 0.6) is 11.5 Å². The fourth-order valence-corrected chi connectivity index (χ4v) is 5.86. The van der Waals surface area contributed by atoms with Gasteiger partial charge in [-0.2, -0.15) is 0 Å². The molecule has 190 valence electrons. The minimum Gasteiger partial charge on any atom is -0.543 e. The first-order valence-electron chi connectivity index (χ1n) is 11.2. The number of methoxy groups -OCH3 is 1. The van der Waals surface area contributed by atoms with E-state index in [1.165, 1.54) is 6.07 Å². The van der Waals surface area contributed by atoms with E-state index in [2.05, 4.69) is 4.98 Å². The Morgan fingerprint density at radius 2 is 1.54 bits per heavy atom. The van der Waals surface area contributed by atoms with Crippen LogP contribution in [0.15, 0.2) is 42.2 Å². The van der Waals surface area contributed by atoms with Crippen molar-refractivity contribution in [1.82, 2.24) is 4.98 Å². The molecule has 6 rings (SSSR count). The molecule has 1 unspecified atom stereocenters. The van der Waals surface area contributed by atoms with Crippen LogP contribution in [0.2, 0.25) is 0 Å². The Bertz CT molecular complexity index is 2300. The number of carboxylic acid groups (broad SMARTS) is 1. The molecule has 0 amide bonds. The van der Waals surface area contributed by atoms with E-state index >= 15 is 0 Å². The standard InChI is InChI=1S/C26H15NO11.K/c1-38-11-6-10(28)13-14(18(11)29)20(31)16-15(19(13)30)22(33)26(23(16)34)3-2-7-4-8-5-9(25(36)37)27-24(35)12(8)21(32)17(7)26;/h4-6,32-34H,2-3H2,1H3,(H,27,35)(H,36,37);/q;+1/p-1. The Balaban J connectivity index is 0.00000308. The average molecular weight is 555 g/mol. The van der Waals surface area contributed by atoms with E-state index in [9.17, 15) is 49.2 Å². The molecule has 0 saturated heterocycles. The van der Waals surface area contributed by atoms with Gasteiger partial charge in [-0.05, 0) is 29.9 Å². The summed E-state index contributed by atoms with van der Waals surface area (Å²) in [5.74, 6) is -4.52. The normalized spacial score (nSPS) is 17.5. The molecule has 0 saturated carbocycles. The Morgan fingerprint density at radius 1 is 0.923 bits per heavy atom. The first kappa shape index (κ1) is 27.0. The second-order valence-corrected chi connectivity index (χ2v) is 9.19. The smallest absolute Gasteiger partial charge is 0.543 e. The van der Waals surface area contributed by atoms with Crippen LogP contribution in [0.1, 0.15) is 28.0 Å². The molecule has 39 heavy (non-hydrogen) atoms. The number of ether oxygens (including phenoxy) is 1. The van der Waals surface area contributed by atoms with Crippen molar-refractivity contribution in [3.8, 4) is 11.5 Å². The average Bonchev–Trinajstić information content (AvgIpc) is 3.36. The number of H-pyrrole nitrogens is 1. The molecule has 0 bridgehead atoms. The number of hydrogen-bond donors (Lipinski definition) is 4. The number of carbonyl (C=O) groups is 1. The number of carboxylic acids is 1. The number of hydrogen-bond acceptors (Lipinski definition) is 11. The van der Waals surface area contributed by atoms with E-state index in [1.54, 1.807) is 0 Å². The van der Waals surface area contributed by atoms with Gasteiger partial charge in [0.1, 0.15) is 22.7 Å². The molecule has 4 aliphatic carbocycles. The minimum atomic E-state index is -2.04. The summed E-state index contributed by atoms with van der Waals surface area (Å²) >= 11 is 0. The van der Waals surface area contributed by atoms with Crippen molar-refractivity contribution in [2.75, 3.05) is 7.11 Å². The van der Waals surface area contributed by atoms with E-state index in [0.29, 0.717) is 0 Å². The summed E-state index contributed by atoms with van der Waals surface area (Å²) in [6.07, 6.45) is -0.111. The van der Waals surface area contributed by atoms with Crippen molar-refractivity contribution in [1.29, 1.82) is 0 Å². The van der Waals surface area contributed by atoms with Gasteiger partial charge in [-0.3, -0.25) is 24.0 Å². The largest absolute Gasteiger partial charge is 1.00 e. The number of aliphatic hydroxyl groups is 2. The van der Waals surface area contributed by atoms with Gasteiger partial charge in [-0.15, -0.1) is 0 Å². The molecule has 13 heteroatoms. The maximum Gasteiger partial charge on any atom is 1.00 e. The van der Waals surface area contributed by atoms with Gasteiger partial charge in [-0.1, -0.05) is 6.07 Å². The number of rotatable bonds is 2. The van der Waals surface area contributed by atoms with Gasteiger partial charge < -0.3 is 34.9 Å². The third kappa shape index (κ3) is 3.18. The molecule has 2 aromatic rings. The Kier molecular flexibility index (Phi) is 6.01. The van der Waals surface area contributed by atoms with Crippen LogP contribution in [0.25, 0.3) is 22.3 Å². The molecular weight excluding hydrogens is 541 g/mol. The summed E-state index contributed by atoms with van der Waals surface area (Å²) in [5, 5.41) is 41.9. The van der Waals surface area contributed by atoms with Crippen LogP contribution in [0, 0.1) is 10.4 Å². The van der Waals surface area contributed by atoms with E-state index < -0.39 is 88.2 Å². The first-order valence-corrected chi connectivity index (χ1v) is 11.2. The third-order valence-electron chi connectivity index (χ3n) is 7.47. The number of fused-ring (bicyclic) bond motifs is 4. The second kappa shape index (κ2) is 8.69.